The average Bonchev–Trinajstić information content (AvgIpc) is 0.719. The molecule has 14 rings (SSSR count). The fourth-order valence-electron chi connectivity index (χ4n) is 11.6. The van der Waals surface area contributed by atoms with Crippen molar-refractivity contribution in [2.75, 3.05) is 42.7 Å². The van der Waals surface area contributed by atoms with E-state index in [1.807, 2.05) is 0 Å². The van der Waals surface area contributed by atoms with Gasteiger partial charge in [0, 0.05) is 19.1 Å². The minimum Gasteiger partial charge on any atom is -0.507 e. The third-order valence-electron chi connectivity index (χ3n) is 17.0. The van der Waals surface area contributed by atoms with Crippen molar-refractivity contribution < 1.29 is 116 Å². The number of aliphatic hydroxyl groups excluding tert-OH is 1. The quantitative estimate of drug-likeness (QED) is 0.0317. The molecule has 0 saturated carbocycles. The van der Waals surface area contributed by atoms with Crippen LogP contribution in [0.1, 0.15) is 111 Å². The number of phenols is 2. The van der Waals surface area contributed by atoms with Crippen LogP contribution in [0.2, 0.25) is 0 Å². The Kier molecular flexibility index (Phi) is 36.6. The van der Waals surface area contributed by atoms with E-state index in [1.54, 1.807) is 125 Å². The molecule has 3 N–H and O–H groups in total. The fourth-order valence-corrected chi connectivity index (χ4v) is 11.9. The maximum Gasteiger partial charge on any atom is 0.308 e. The Bertz CT molecular complexity index is 6370. The predicted octanol–water partition coefficient (Wildman–Crippen LogP) is 20.0. The molecular formula is C93H83BrF6O23. The molecule has 30 heteroatoms. The molecule has 123 heavy (non-hydrogen) atoms. The largest absolute Gasteiger partial charge is 0.507 e. The Morgan fingerprint density at radius 1 is 0.398 bits per heavy atom. The maximum absolute atomic E-state index is 13.4. The average molecular weight is 1760 g/mol. The molecule has 23 nitrogen and oxygen atoms in total. The number of aliphatic hydroxyl groups is 1. The fraction of sp³-hybridized carbons (Fsp3) is 0.172. The highest BCUT2D eigenvalue weighted by Crippen LogP contribution is 2.33. The number of esters is 1. The minimum absolute atomic E-state index is 0.0139. The van der Waals surface area contributed by atoms with Crippen molar-refractivity contribution in [3.05, 3.63) is 331 Å². The number of aryl methyl sites for hydroxylation is 4. The number of aromatic hydroxyl groups is 2. The van der Waals surface area contributed by atoms with Crippen LogP contribution in [-0.4, -0.2) is 87.6 Å². The van der Waals surface area contributed by atoms with E-state index < -0.39 is 58.5 Å². The summed E-state index contributed by atoms with van der Waals surface area (Å²) in [6.07, 6.45) is -0.408. The first-order valence-electron chi connectivity index (χ1n) is 36.4. The number of ketones is 3. The lowest BCUT2D eigenvalue weighted by molar-refractivity contribution is -0.131. The highest BCUT2D eigenvalue weighted by molar-refractivity contribution is 9.10. The van der Waals surface area contributed by atoms with Gasteiger partial charge in [0.15, 0.2) is 34.5 Å². The first-order chi connectivity index (χ1) is 58.4. The first kappa shape index (κ1) is 97.4. The van der Waals surface area contributed by atoms with Crippen molar-refractivity contribution in [3.63, 3.8) is 0 Å². The van der Waals surface area contributed by atoms with Crippen LogP contribution >= 0.6 is 15.9 Å². The number of carbonyl (C=O) groups excluding carboxylic acids is 5. The number of ether oxygens (including phenoxy) is 7. The van der Waals surface area contributed by atoms with E-state index >= 15 is 0 Å². The summed E-state index contributed by atoms with van der Waals surface area (Å²) in [4.78, 5) is 101. The zero-order chi connectivity index (χ0) is 91.2. The number of Topliss-reactive ketones (excluding diaryl/α,β-unsaturated/α-hetero) is 3. The Hall–Kier alpha value is -14.4. The van der Waals surface area contributed by atoms with Crippen LogP contribution in [0.15, 0.2) is 242 Å². The van der Waals surface area contributed by atoms with Crippen molar-refractivity contribution in [1.82, 2.24) is 0 Å². The first-order valence-corrected chi connectivity index (χ1v) is 37.2. The molecule has 0 bridgehead atoms. The van der Waals surface area contributed by atoms with Crippen molar-refractivity contribution in [3.8, 4) is 62.9 Å². The Morgan fingerprint density at radius 2 is 0.764 bits per heavy atom. The van der Waals surface area contributed by atoms with Crippen LogP contribution in [0.3, 0.4) is 0 Å². The van der Waals surface area contributed by atoms with Crippen molar-refractivity contribution in [1.29, 1.82) is 0 Å². The smallest absolute Gasteiger partial charge is 0.308 e. The molecule has 1 atom stereocenters. The molecule has 642 valence electrons. The normalized spacial score (nSPS) is 10.4. The van der Waals surface area contributed by atoms with Gasteiger partial charge in [-0.05, 0) is 198 Å². The Balaban J connectivity index is 0.000000216. The van der Waals surface area contributed by atoms with Gasteiger partial charge in [-0.3, -0.25) is 43.2 Å². The van der Waals surface area contributed by atoms with E-state index in [4.69, 9.17) is 51.2 Å². The molecule has 4 aromatic heterocycles. The molecule has 0 aliphatic heterocycles. The number of fused-ring (bicyclic) bond motifs is 4. The van der Waals surface area contributed by atoms with Crippen LogP contribution in [0.5, 0.6) is 51.7 Å². The van der Waals surface area contributed by atoms with Gasteiger partial charge in [0.25, 0.3) is 0 Å². The van der Waals surface area contributed by atoms with Crippen LogP contribution < -0.4 is 54.9 Å². The van der Waals surface area contributed by atoms with Crippen molar-refractivity contribution >= 4 is 89.4 Å². The highest BCUT2D eigenvalue weighted by atomic mass is 79.9. The number of benzene rings is 10. The second-order valence-corrected chi connectivity index (χ2v) is 26.4. The molecule has 0 spiro atoms. The highest BCUT2D eigenvalue weighted by Gasteiger charge is 2.21. The number of aldehydes is 1. The number of hydrogen-bond donors (Lipinski definition) is 3. The lowest BCUT2D eigenvalue weighted by atomic mass is 10.0. The zero-order valence-electron chi connectivity index (χ0n) is 68.9. The van der Waals surface area contributed by atoms with Crippen LogP contribution in [0.4, 0.5) is 26.3 Å². The summed E-state index contributed by atoms with van der Waals surface area (Å²) in [5.41, 5.74) is 1.98. The second kappa shape index (κ2) is 46.3. The molecule has 1 unspecified atom stereocenters. The molecule has 14 aromatic rings. The van der Waals surface area contributed by atoms with Crippen LogP contribution in [0.25, 0.3) is 55.0 Å². The standard InChI is InChI=1S/C17H13FO3.C11H9BrO3.C11H10O3.C10H9FO3.C10H8O3.C9H11FO2.C9H9FO2.2C8H7FO2/c1-10-15(11-5-3-6-12(18)9-11)17(19)16-13(20-2)7-4-8-14(16)21-10;1-6-10(12)11(13)9-7(14-2)4-3-5-8(9)15-6;1-7-6-8(12)11-9(13-2)4-3-5-10(11)14-7;1-6(12)10-8(11)4-3-5-9(10)14-7(2)13;1-6-5-8(12)10-7(11)3-2-4-9(10)13-6;2*1-6(11)9-7(10)4-3-5-8(9)12-2;1-11-8-4-2-3-7(9)6(8)5-10;1-5(10)8-6(9)3-2-4-7(8)11/h3-9H,1-2H3;3-5H,1-2H3;3-6H,1-2H3;3-5H,1-2H3;2-5,11H,1H3;3-6,11H,1-2H3;3-5H,1-2H3;2-5H,1H3;2-4,11H,1H3. The van der Waals surface area contributed by atoms with Gasteiger partial charge in [-0.1, -0.05) is 66.7 Å². The van der Waals surface area contributed by atoms with E-state index in [2.05, 4.69) is 20.7 Å². The molecule has 4 heterocycles. The number of carbonyl (C=O) groups is 5. The summed E-state index contributed by atoms with van der Waals surface area (Å²) in [5, 5.41) is 29.2. The van der Waals surface area contributed by atoms with Gasteiger partial charge in [-0.15, -0.1) is 0 Å². The zero-order valence-corrected chi connectivity index (χ0v) is 70.4. The summed E-state index contributed by atoms with van der Waals surface area (Å²) in [7, 11) is 8.80. The third-order valence-corrected chi connectivity index (χ3v) is 17.9. The van der Waals surface area contributed by atoms with E-state index in [1.165, 1.54) is 168 Å². The third kappa shape index (κ3) is 25.8. The summed E-state index contributed by atoms with van der Waals surface area (Å²) in [6, 6.07) is 49.9. The number of methoxy groups -OCH3 is 6. The Labute approximate surface area is 707 Å². The Morgan fingerprint density at radius 3 is 1.20 bits per heavy atom. The van der Waals surface area contributed by atoms with E-state index in [0.29, 0.717) is 106 Å². The number of phenolic OH excluding ortho intramolecular Hbond substituents is 2. The van der Waals surface area contributed by atoms with Crippen molar-refractivity contribution in [2.24, 2.45) is 0 Å². The van der Waals surface area contributed by atoms with Gasteiger partial charge in [0.2, 0.25) is 10.9 Å². The monoisotopic (exact) mass is 1760 g/mol. The number of halogens is 7. The molecule has 0 amide bonds. The predicted molar refractivity (Wildman–Crippen MR) is 454 cm³/mol. The minimum atomic E-state index is -0.846. The SMILES string of the molecule is CC(=O)Oc1cccc(F)c1C(C)=O.CC(=O)c1c(O)cccc1F.COc1cccc(F)c1C(C)=O.COc1cccc(F)c1C(C)O.COc1cccc(F)c1C=O.COc1cccc2oc(C)c(-c3cccc(F)c3)c(=O)c12.COc1cccc2oc(C)c(Br)c(=O)c12.COc1cccc2oc(C)cc(=O)c12.Cc1cc(=O)c2c(O)cccc2o1. The molecule has 0 radical (unpaired) electrons. The van der Waals surface area contributed by atoms with Gasteiger partial charge >= 0.3 is 5.97 Å². The van der Waals surface area contributed by atoms with E-state index in [9.17, 15) is 79.7 Å². The summed E-state index contributed by atoms with van der Waals surface area (Å²) < 4.78 is 135. The lowest BCUT2D eigenvalue weighted by Gasteiger charge is -2.10. The van der Waals surface area contributed by atoms with Gasteiger partial charge in [-0.2, -0.15) is 0 Å². The molecule has 0 aliphatic rings. The number of hydrogen-bond acceptors (Lipinski definition) is 23. The summed E-state index contributed by atoms with van der Waals surface area (Å²) >= 11 is 3.20. The van der Waals surface area contributed by atoms with Gasteiger partial charge in [0.05, 0.1) is 82.1 Å². The molecule has 0 fully saturated rings. The topological polar surface area (TPSA) is 331 Å². The van der Waals surface area contributed by atoms with Gasteiger partial charge in [-0.25, -0.2) is 26.3 Å². The molecular weight excluding hydrogens is 1680 g/mol. The summed E-state index contributed by atoms with van der Waals surface area (Å²) in [5.74, 6) is -0.918. The van der Waals surface area contributed by atoms with Crippen LogP contribution in [0, 0.1) is 62.6 Å². The van der Waals surface area contributed by atoms with E-state index in [0.717, 1.165) is 12.1 Å². The number of rotatable bonds is 13. The lowest BCUT2D eigenvalue weighted by Crippen LogP contribution is -2.08. The second-order valence-electron chi connectivity index (χ2n) is 25.6. The maximum atomic E-state index is 13.4. The van der Waals surface area contributed by atoms with Gasteiger partial charge in [0.1, 0.15) is 158 Å². The molecule has 0 aliphatic carbocycles. The van der Waals surface area contributed by atoms with Crippen LogP contribution in [-0.2, 0) is 4.79 Å². The molecule has 0 saturated heterocycles. The van der Waals surface area contributed by atoms with Crippen molar-refractivity contribution in [2.45, 2.75) is 68.4 Å². The van der Waals surface area contributed by atoms with Gasteiger partial charge < -0.3 is 66.1 Å². The van der Waals surface area contributed by atoms with E-state index in [-0.39, 0.29) is 89.4 Å². The molecule has 10 aromatic carbocycles. The summed E-state index contributed by atoms with van der Waals surface area (Å²) in [6.45, 7) is 13.3.